The highest BCUT2D eigenvalue weighted by Gasteiger charge is 2.38. The predicted molar refractivity (Wildman–Crippen MR) is 128 cm³/mol. The Morgan fingerprint density at radius 3 is 2.74 bits per heavy atom. The second kappa shape index (κ2) is 8.51. The van der Waals surface area contributed by atoms with Crippen LogP contribution in [0.5, 0.6) is 0 Å². The Kier molecular flexibility index (Phi) is 5.74. The van der Waals surface area contributed by atoms with Crippen LogP contribution in [0, 0.1) is 5.92 Å². The molecule has 3 N–H and O–H groups in total. The largest absolute Gasteiger partial charge is 0.456 e. The number of nitrogens with two attached hydrogens (primary N) is 1. The summed E-state index contributed by atoms with van der Waals surface area (Å²) in [5.74, 6) is 0.854. The number of esters is 1. The second-order valence-corrected chi connectivity index (χ2v) is 10.4. The Morgan fingerprint density at radius 1 is 1.29 bits per heavy atom. The second-order valence-electron chi connectivity index (χ2n) is 10.4. The SMILES string of the molecule is CC1(C)Cc2nc(Nc3cc4c(C(C)(N)C5CCCC5)nn(CC(F)F)c4cn3)ccc2C(=O)O1. The first-order chi connectivity index (χ1) is 16.5. The highest BCUT2D eigenvalue weighted by Crippen LogP contribution is 2.41. The molecule has 1 fully saturated rings. The van der Waals surface area contributed by atoms with Crippen LogP contribution in [0.4, 0.5) is 20.4 Å². The maximum Gasteiger partial charge on any atom is 0.340 e. The van der Waals surface area contributed by atoms with Gasteiger partial charge in [0.25, 0.3) is 6.43 Å². The summed E-state index contributed by atoms with van der Waals surface area (Å²) in [7, 11) is 0. The third kappa shape index (κ3) is 4.47. The molecule has 0 bridgehead atoms. The van der Waals surface area contributed by atoms with E-state index in [1.807, 2.05) is 20.8 Å². The van der Waals surface area contributed by atoms with Gasteiger partial charge in [-0.05, 0) is 57.7 Å². The molecule has 0 amide bonds. The van der Waals surface area contributed by atoms with E-state index in [0.717, 1.165) is 25.7 Å². The van der Waals surface area contributed by atoms with Crippen molar-refractivity contribution >= 4 is 28.5 Å². The molecule has 3 aromatic rings. The molecule has 3 aromatic heterocycles. The Labute approximate surface area is 202 Å². The minimum absolute atomic E-state index is 0.232. The molecule has 1 aliphatic heterocycles. The van der Waals surface area contributed by atoms with Gasteiger partial charge in [0.1, 0.15) is 23.8 Å². The minimum atomic E-state index is -2.55. The van der Waals surface area contributed by atoms with E-state index in [0.29, 0.717) is 45.9 Å². The molecule has 10 heteroatoms. The van der Waals surface area contributed by atoms with Gasteiger partial charge in [0.05, 0.1) is 34.2 Å². The number of carbonyl (C=O) groups excluding carboxylic acids is 1. The molecule has 1 atom stereocenters. The van der Waals surface area contributed by atoms with Crippen molar-refractivity contribution in [2.45, 2.75) is 77.0 Å². The van der Waals surface area contributed by atoms with Crippen LogP contribution in [0.1, 0.15) is 68.2 Å². The summed E-state index contributed by atoms with van der Waals surface area (Å²) in [5, 5.41) is 8.44. The van der Waals surface area contributed by atoms with Crippen LogP contribution in [0.15, 0.2) is 24.4 Å². The standard InChI is InChI=1S/C25H30F2N6O2/c1-24(2)11-17-15(23(34)35-24)8-9-20(30-17)31-21-10-16-18(12-29-21)33(13-19(26)27)32-22(16)25(3,28)14-6-4-5-7-14/h8-10,12,14,19H,4-7,11,13,28H2,1-3H3,(H,29,30,31). The molecule has 0 aromatic carbocycles. The number of halogens is 2. The maximum atomic E-state index is 13.3. The van der Waals surface area contributed by atoms with Gasteiger partial charge >= 0.3 is 5.97 Å². The van der Waals surface area contributed by atoms with Gasteiger partial charge in [-0.15, -0.1) is 0 Å². The zero-order valence-corrected chi connectivity index (χ0v) is 20.1. The van der Waals surface area contributed by atoms with Crippen molar-refractivity contribution in [2.75, 3.05) is 5.32 Å². The quantitative estimate of drug-likeness (QED) is 0.489. The lowest BCUT2D eigenvalue weighted by molar-refractivity contribution is -0.00714. The van der Waals surface area contributed by atoms with Gasteiger partial charge in [0, 0.05) is 11.8 Å². The monoisotopic (exact) mass is 484 g/mol. The van der Waals surface area contributed by atoms with Gasteiger partial charge in [0.15, 0.2) is 0 Å². The Bertz CT molecular complexity index is 1280. The third-order valence-corrected chi connectivity index (χ3v) is 7.07. The third-order valence-electron chi connectivity index (χ3n) is 7.07. The molecular weight excluding hydrogens is 454 g/mol. The molecule has 1 saturated carbocycles. The van der Waals surface area contributed by atoms with Crippen molar-refractivity contribution in [1.82, 2.24) is 19.7 Å². The number of rotatable bonds is 6. The Balaban J connectivity index is 1.52. The molecule has 5 rings (SSSR count). The summed E-state index contributed by atoms with van der Waals surface area (Å²) >= 11 is 0. The van der Waals surface area contributed by atoms with E-state index in [2.05, 4.69) is 20.4 Å². The van der Waals surface area contributed by atoms with Crippen LogP contribution in [-0.2, 0) is 23.2 Å². The van der Waals surface area contributed by atoms with Gasteiger partial charge in [-0.1, -0.05) is 12.8 Å². The molecule has 2 aliphatic rings. The maximum absolute atomic E-state index is 13.3. The van der Waals surface area contributed by atoms with Crippen LogP contribution >= 0.6 is 0 Å². The summed E-state index contributed by atoms with van der Waals surface area (Å²) in [6.07, 6.45) is 3.68. The van der Waals surface area contributed by atoms with Crippen LogP contribution < -0.4 is 11.1 Å². The summed E-state index contributed by atoms with van der Waals surface area (Å²) in [6, 6.07) is 5.17. The zero-order valence-electron chi connectivity index (χ0n) is 20.1. The zero-order chi connectivity index (χ0) is 25.0. The number of hydrogen-bond acceptors (Lipinski definition) is 7. The van der Waals surface area contributed by atoms with Gasteiger partial charge in [-0.3, -0.25) is 4.68 Å². The molecule has 186 valence electrons. The van der Waals surface area contributed by atoms with E-state index in [1.165, 1.54) is 4.68 Å². The average Bonchev–Trinajstić information content (AvgIpc) is 3.42. The summed E-state index contributed by atoms with van der Waals surface area (Å²) in [6.45, 7) is 5.11. The highest BCUT2D eigenvalue weighted by molar-refractivity contribution is 5.92. The number of cyclic esters (lactones) is 1. The molecule has 0 saturated heterocycles. The summed E-state index contributed by atoms with van der Waals surface area (Å²) in [5.41, 5.74) is 7.65. The first-order valence-electron chi connectivity index (χ1n) is 12.0. The average molecular weight is 485 g/mol. The van der Waals surface area contributed by atoms with Crippen molar-refractivity contribution in [1.29, 1.82) is 0 Å². The van der Waals surface area contributed by atoms with E-state index in [-0.39, 0.29) is 11.9 Å². The van der Waals surface area contributed by atoms with E-state index in [9.17, 15) is 13.6 Å². The van der Waals surface area contributed by atoms with Crippen LogP contribution in [0.25, 0.3) is 10.9 Å². The van der Waals surface area contributed by atoms with Crippen LogP contribution in [0.2, 0.25) is 0 Å². The smallest absolute Gasteiger partial charge is 0.340 e. The number of aromatic nitrogens is 4. The lowest BCUT2D eigenvalue weighted by atomic mass is 9.81. The number of alkyl halides is 2. The number of pyridine rings is 2. The lowest BCUT2D eigenvalue weighted by Gasteiger charge is -2.30. The fourth-order valence-electron chi connectivity index (χ4n) is 5.30. The minimum Gasteiger partial charge on any atom is -0.456 e. The molecule has 1 aliphatic carbocycles. The lowest BCUT2D eigenvalue weighted by Crippen LogP contribution is -2.40. The summed E-state index contributed by atoms with van der Waals surface area (Å²) < 4.78 is 33.3. The molecule has 35 heavy (non-hydrogen) atoms. The van der Waals surface area contributed by atoms with Crippen molar-refractivity contribution < 1.29 is 18.3 Å². The number of anilines is 2. The molecule has 0 radical (unpaired) electrons. The van der Waals surface area contributed by atoms with Gasteiger partial charge in [0.2, 0.25) is 0 Å². The van der Waals surface area contributed by atoms with Crippen molar-refractivity contribution in [3.8, 4) is 0 Å². The number of nitrogens with zero attached hydrogens (tertiary/aromatic N) is 4. The fraction of sp³-hybridized carbons (Fsp3) is 0.520. The van der Waals surface area contributed by atoms with E-state index in [4.69, 9.17) is 10.5 Å². The molecule has 8 nitrogen and oxygen atoms in total. The predicted octanol–water partition coefficient (Wildman–Crippen LogP) is 4.69. The number of hydrogen-bond donors (Lipinski definition) is 2. The normalized spacial score (nSPS) is 19.6. The Morgan fingerprint density at radius 2 is 2.03 bits per heavy atom. The van der Waals surface area contributed by atoms with Crippen molar-refractivity contribution in [3.63, 3.8) is 0 Å². The van der Waals surface area contributed by atoms with Gasteiger partial charge in [-0.2, -0.15) is 5.10 Å². The first kappa shape index (κ1) is 23.6. The van der Waals surface area contributed by atoms with E-state index in [1.54, 1.807) is 24.4 Å². The number of ether oxygens (including phenoxy) is 1. The molecule has 4 heterocycles. The Hall–Kier alpha value is -3.14. The van der Waals surface area contributed by atoms with Crippen LogP contribution in [0.3, 0.4) is 0 Å². The molecular formula is C25H30F2N6O2. The van der Waals surface area contributed by atoms with Gasteiger partial charge in [-0.25, -0.2) is 23.5 Å². The number of nitrogens with one attached hydrogen (secondary N) is 1. The van der Waals surface area contributed by atoms with Gasteiger partial charge < -0.3 is 15.8 Å². The summed E-state index contributed by atoms with van der Waals surface area (Å²) in [4.78, 5) is 21.3. The van der Waals surface area contributed by atoms with E-state index < -0.39 is 24.1 Å². The fourth-order valence-corrected chi connectivity index (χ4v) is 5.30. The van der Waals surface area contributed by atoms with Crippen LogP contribution in [-0.4, -0.2) is 37.7 Å². The topological polar surface area (TPSA) is 108 Å². The van der Waals surface area contributed by atoms with E-state index >= 15 is 0 Å². The highest BCUT2D eigenvalue weighted by atomic mass is 19.3. The number of fused-ring (bicyclic) bond motifs is 2. The van der Waals surface area contributed by atoms with Crippen molar-refractivity contribution in [2.24, 2.45) is 11.7 Å². The molecule has 1 unspecified atom stereocenters. The van der Waals surface area contributed by atoms with Crippen molar-refractivity contribution in [3.05, 3.63) is 41.3 Å². The molecule has 0 spiro atoms. The number of carbonyl (C=O) groups is 1. The first-order valence-corrected chi connectivity index (χ1v) is 12.0.